The van der Waals surface area contributed by atoms with E-state index in [4.69, 9.17) is 5.79 Å². The van der Waals surface area contributed by atoms with Crippen LogP contribution in [0.4, 0.5) is 4.39 Å². The molecule has 1 fully saturated rings. The summed E-state index contributed by atoms with van der Waals surface area (Å²) in [5, 5.41) is 1.89. The Morgan fingerprint density at radius 1 is 0.853 bits per heavy atom. The summed E-state index contributed by atoms with van der Waals surface area (Å²) in [6.45, 7) is 2.08. The Morgan fingerprint density at radius 3 is 2.29 bits per heavy atom. The second-order valence-corrected chi connectivity index (χ2v) is 9.47. The van der Waals surface area contributed by atoms with Crippen molar-refractivity contribution in [3.63, 3.8) is 0 Å². The molecule has 1 aliphatic carbocycles. The van der Waals surface area contributed by atoms with E-state index in [9.17, 15) is 0 Å². The Labute approximate surface area is 201 Å². The van der Waals surface area contributed by atoms with E-state index in [1.54, 1.807) is 0 Å². The molecule has 0 N–H and O–H groups in total. The number of pyridine rings is 1. The van der Waals surface area contributed by atoms with E-state index < -0.39 is 5.89 Å². The van der Waals surface area contributed by atoms with E-state index >= 15 is 4.39 Å². The highest BCUT2D eigenvalue weighted by Crippen LogP contribution is 2.42. The molecule has 2 nitrogen and oxygen atoms in total. The van der Waals surface area contributed by atoms with Gasteiger partial charge in [-0.1, -0.05) is 55.7 Å². The maximum atomic E-state index is 15.3. The molecule has 3 aromatic carbocycles. The fourth-order valence-electron chi connectivity index (χ4n) is 5.49. The van der Waals surface area contributed by atoms with Crippen LogP contribution in [-0.2, 0) is 7.05 Å². The second kappa shape index (κ2) is 8.39. The zero-order valence-electron chi connectivity index (χ0n) is 20.7. The van der Waals surface area contributed by atoms with Gasteiger partial charge in [0.2, 0.25) is 5.69 Å². The number of hydrogen-bond donors (Lipinski definition) is 0. The lowest BCUT2D eigenvalue weighted by molar-refractivity contribution is -0.660. The summed E-state index contributed by atoms with van der Waals surface area (Å²) < 4.78 is 32.9. The minimum absolute atomic E-state index is 0.300. The average Bonchev–Trinajstić information content (AvgIpc) is 3.23. The fourth-order valence-corrected chi connectivity index (χ4v) is 5.49. The molecule has 0 unspecified atom stereocenters. The minimum Gasteiger partial charge on any atom is -0.454 e. The van der Waals surface area contributed by atoms with Gasteiger partial charge in [-0.2, -0.15) is 0 Å². The van der Waals surface area contributed by atoms with Gasteiger partial charge >= 0.3 is 0 Å². The van der Waals surface area contributed by atoms with E-state index in [1.807, 2.05) is 55.7 Å². The van der Waals surface area contributed by atoms with Crippen LogP contribution in [0.1, 0.15) is 50.5 Å². The number of aryl methyl sites for hydroxylation is 2. The molecule has 0 bridgehead atoms. The smallest absolute Gasteiger partial charge is 0.216 e. The van der Waals surface area contributed by atoms with Gasteiger partial charge in [0.1, 0.15) is 24.0 Å². The highest BCUT2D eigenvalue weighted by molar-refractivity contribution is 6.13. The quantitative estimate of drug-likeness (QED) is 0.252. The zero-order valence-corrected chi connectivity index (χ0v) is 19.7. The summed E-state index contributed by atoms with van der Waals surface area (Å²) in [5.41, 5.74) is 6.80. The van der Waals surface area contributed by atoms with Crippen LogP contribution in [0.15, 0.2) is 77.3 Å². The number of hydrogen-bond acceptors (Lipinski definition) is 1. The molecule has 1 aliphatic rings. The van der Waals surface area contributed by atoms with Crippen molar-refractivity contribution in [1.82, 2.24) is 0 Å². The molecule has 0 atom stereocenters. The molecule has 6 rings (SSSR count). The van der Waals surface area contributed by atoms with Crippen molar-refractivity contribution in [3.05, 3.63) is 89.9 Å². The van der Waals surface area contributed by atoms with E-state index in [0.29, 0.717) is 11.1 Å². The molecular weight excluding hydrogens is 421 g/mol. The van der Waals surface area contributed by atoms with Crippen molar-refractivity contribution in [2.45, 2.75) is 44.9 Å². The Bertz CT molecular complexity index is 1560. The molecule has 1 saturated carbocycles. The Kier molecular flexibility index (Phi) is 4.93. The van der Waals surface area contributed by atoms with Gasteiger partial charge < -0.3 is 4.42 Å². The third-order valence-electron chi connectivity index (χ3n) is 7.32. The maximum Gasteiger partial charge on any atom is 0.216 e. The SMILES string of the molecule is [2H]C1(c2ccc(-c3c(F)ccc4c3oc3c(-c5cccc[n+]5C)c(C)ccc34)cc2)CCCCC1. The Hall–Kier alpha value is -3.46. The van der Waals surface area contributed by atoms with Gasteiger partial charge in [-0.15, -0.1) is 0 Å². The molecule has 2 heterocycles. The first-order valence-electron chi connectivity index (χ1n) is 12.7. The Balaban J connectivity index is 1.54. The van der Waals surface area contributed by atoms with Gasteiger partial charge in [0.05, 0.1) is 11.1 Å². The molecule has 0 radical (unpaired) electrons. The number of rotatable bonds is 3. The summed E-state index contributed by atoms with van der Waals surface area (Å²) in [5.74, 6) is -0.829. The van der Waals surface area contributed by atoms with Crippen molar-refractivity contribution in [3.8, 4) is 22.4 Å². The Morgan fingerprint density at radius 2 is 1.56 bits per heavy atom. The number of halogens is 1. The van der Waals surface area contributed by atoms with Crippen molar-refractivity contribution in [2.24, 2.45) is 7.05 Å². The molecule has 0 saturated heterocycles. The third kappa shape index (κ3) is 3.42. The summed E-state index contributed by atoms with van der Waals surface area (Å²) in [6, 6.07) is 21.6. The first kappa shape index (κ1) is 20.0. The topological polar surface area (TPSA) is 17.0 Å². The largest absolute Gasteiger partial charge is 0.454 e. The number of aromatic nitrogens is 1. The van der Waals surface area contributed by atoms with E-state index in [2.05, 4.69) is 29.7 Å². The third-order valence-corrected chi connectivity index (χ3v) is 7.32. The predicted molar refractivity (Wildman–Crippen MR) is 136 cm³/mol. The van der Waals surface area contributed by atoms with Crippen molar-refractivity contribution in [1.29, 1.82) is 0 Å². The maximum absolute atomic E-state index is 15.3. The number of benzene rings is 3. The van der Waals surface area contributed by atoms with Crippen LogP contribution >= 0.6 is 0 Å². The van der Waals surface area contributed by atoms with Crippen molar-refractivity contribution >= 4 is 21.9 Å². The van der Waals surface area contributed by atoms with Gasteiger partial charge in [-0.05, 0) is 60.5 Å². The van der Waals surface area contributed by atoms with E-state index in [1.165, 1.54) is 12.5 Å². The highest BCUT2D eigenvalue weighted by Gasteiger charge is 2.23. The van der Waals surface area contributed by atoms with Gasteiger partial charge in [-0.25, -0.2) is 8.96 Å². The number of fused-ring (bicyclic) bond motifs is 3. The lowest BCUT2D eigenvalue weighted by atomic mass is 9.83. The molecule has 170 valence electrons. The molecule has 2 aromatic heterocycles. The van der Waals surface area contributed by atoms with Crippen LogP contribution in [-0.4, -0.2) is 0 Å². The predicted octanol–water partition coefficient (Wildman–Crippen LogP) is 8.24. The number of nitrogens with zero attached hydrogens (tertiary/aromatic N) is 1. The second-order valence-electron chi connectivity index (χ2n) is 9.47. The first-order valence-corrected chi connectivity index (χ1v) is 12.2. The number of furan rings is 1. The molecule has 0 spiro atoms. The molecule has 3 heteroatoms. The van der Waals surface area contributed by atoms with Crippen LogP contribution in [0.2, 0.25) is 0 Å². The van der Waals surface area contributed by atoms with E-state index in [-0.39, 0.29) is 5.82 Å². The zero-order chi connectivity index (χ0) is 24.2. The van der Waals surface area contributed by atoms with Gasteiger partial charge in [0.15, 0.2) is 6.20 Å². The average molecular weight is 452 g/mol. The lowest BCUT2D eigenvalue weighted by Crippen LogP contribution is -2.30. The van der Waals surface area contributed by atoms with Crippen LogP contribution in [0.25, 0.3) is 44.3 Å². The molecular formula is C31H29FNO+. The monoisotopic (exact) mass is 451 g/mol. The standard InChI is InChI=1S/C31H29FNO/c1-20-11-16-24-25-17-18-26(32)29(23-14-12-22(13-15-23)21-8-4-3-5-9-21)31(25)34-30(24)28(20)27-10-6-7-19-33(27)2/h6-7,10-19,21H,3-5,8-9H2,1-2H3/q+1/i21D. The van der Waals surface area contributed by atoms with Crippen LogP contribution < -0.4 is 4.57 Å². The van der Waals surface area contributed by atoms with Gasteiger partial charge in [-0.3, -0.25) is 0 Å². The summed E-state index contributed by atoms with van der Waals surface area (Å²) >= 11 is 0. The summed E-state index contributed by atoms with van der Waals surface area (Å²) in [6.07, 6.45) is 7.20. The van der Waals surface area contributed by atoms with Crippen LogP contribution in [0.5, 0.6) is 0 Å². The molecule has 0 amide bonds. The van der Waals surface area contributed by atoms with Crippen molar-refractivity contribution in [2.75, 3.05) is 0 Å². The first-order chi connectivity index (χ1) is 17.0. The summed E-state index contributed by atoms with van der Waals surface area (Å²) in [7, 11) is 2.02. The van der Waals surface area contributed by atoms with Crippen molar-refractivity contribution < 1.29 is 14.7 Å². The van der Waals surface area contributed by atoms with Gasteiger partial charge in [0.25, 0.3) is 0 Å². The highest BCUT2D eigenvalue weighted by atomic mass is 19.1. The normalized spacial score (nSPS) is 16.1. The minimum atomic E-state index is -0.529. The summed E-state index contributed by atoms with van der Waals surface area (Å²) in [4.78, 5) is 0. The van der Waals surface area contributed by atoms with E-state index in [0.717, 1.165) is 70.0 Å². The molecule has 5 aromatic rings. The van der Waals surface area contributed by atoms with Gasteiger partial charge in [0, 0.05) is 24.3 Å². The van der Waals surface area contributed by atoms with Crippen LogP contribution in [0.3, 0.4) is 0 Å². The van der Waals surface area contributed by atoms with Crippen LogP contribution in [0, 0.1) is 12.7 Å². The molecule has 0 aliphatic heterocycles. The molecule has 34 heavy (non-hydrogen) atoms. The lowest BCUT2D eigenvalue weighted by Gasteiger charge is -2.22. The fraction of sp³-hybridized carbons (Fsp3) is 0.258.